The lowest BCUT2D eigenvalue weighted by atomic mass is 9.96. The number of nitrogens with two attached hydrogens (primary N) is 1. The topological polar surface area (TPSA) is 64.3 Å². The maximum atomic E-state index is 11.6. The number of anilines is 1. The Kier molecular flexibility index (Phi) is 3.52. The van der Waals surface area contributed by atoms with Crippen LogP contribution in [0.25, 0.3) is 0 Å². The van der Waals surface area contributed by atoms with E-state index in [4.69, 9.17) is 10.5 Å². The standard InChI is InChI=1S/C13H18N2O2/c1-2-15-13(16)9-6-7-12(11(14)8-9)17-10-4-3-5-10/h6-8,10H,2-5,14H2,1H3,(H,15,16). The number of nitrogen functional groups attached to an aromatic ring is 1. The largest absolute Gasteiger partial charge is 0.488 e. The molecule has 0 heterocycles. The molecule has 1 aliphatic rings. The molecule has 0 bridgehead atoms. The third-order valence-electron chi connectivity index (χ3n) is 2.96. The number of benzene rings is 1. The van der Waals surface area contributed by atoms with Crippen LogP contribution in [0.5, 0.6) is 5.75 Å². The summed E-state index contributed by atoms with van der Waals surface area (Å²) in [6.07, 6.45) is 3.71. The van der Waals surface area contributed by atoms with Gasteiger partial charge < -0.3 is 15.8 Å². The molecule has 0 atom stereocenters. The van der Waals surface area contributed by atoms with Crippen LogP contribution in [-0.4, -0.2) is 18.6 Å². The quantitative estimate of drug-likeness (QED) is 0.783. The van der Waals surface area contributed by atoms with Gasteiger partial charge in [-0.3, -0.25) is 4.79 Å². The molecule has 1 amide bonds. The molecule has 3 N–H and O–H groups in total. The molecular weight excluding hydrogens is 216 g/mol. The number of hydrogen-bond acceptors (Lipinski definition) is 3. The van der Waals surface area contributed by atoms with Crippen LogP contribution >= 0.6 is 0 Å². The Morgan fingerprint density at radius 2 is 2.29 bits per heavy atom. The highest BCUT2D eigenvalue weighted by Crippen LogP contribution is 2.29. The number of amides is 1. The zero-order valence-corrected chi connectivity index (χ0v) is 10.0. The first kappa shape index (κ1) is 11.8. The predicted molar refractivity (Wildman–Crippen MR) is 67.1 cm³/mol. The molecule has 1 aromatic rings. The summed E-state index contributed by atoms with van der Waals surface area (Å²) in [7, 11) is 0. The Balaban J connectivity index is 2.07. The van der Waals surface area contributed by atoms with Crippen molar-refractivity contribution in [2.24, 2.45) is 0 Å². The highest BCUT2D eigenvalue weighted by atomic mass is 16.5. The minimum Gasteiger partial charge on any atom is -0.488 e. The first-order valence-electron chi connectivity index (χ1n) is 6.05. The Morgan fingerprint density at radius 3 is 2.82 bits per heavy atom. The number of nitrogens with one attached hydrogen (secondary N) is 1. The van der Waals surface area contributed by atoms with Crippen LogP contribution in [0.2, 0.25) is 0 Å². The van der Waals surface area contributed by atoms with E-state index in [9.17, 15) is 4.79 Å². The maximum Gasteiger partial charge on any atom is 0.251 e. The minimum absolute atomic E-state index is 0.102. The van der Waals surface area contributed by atoms with Gasteiger partial charge in [0, 0.05) is 12.1 Å². The van der Waals surface area contributed by atoms with Gasteiger partial charge in [0.1, 0.15) is 5.75 Å². The summed E-state index contributed by atoms with van der Waals surface area (Å²) in [4.78, 5) is 11.6. The van der Waals surface area contributed by atoms with E-state index < -0.39 is 0 Å². The van der Waals surface area contributed by atoms with Crippen molar-refractivity contribution in [2.75, 3.05) is 12.3 Å². The number of rotatable bonds is 4. The van der Waals surface area contributed by atoms with Crippen LogP contribution in [0.3, 0.4) is 0 Å². The summed E-state index contributed by atoms with van der Waals surface area (Å²) < 4.78 is 5.72. The van der Waals surface area contributed by atoms with Gasteiger partial charge in [0.05, 0.1) is 11.8 Å². The van der Waals surface area contributed by atoms with Crippen molar-refractivity contribution in [3.8, 4) is 5.75 Å². The van der Waals surface area contributed by atoms with E-state index in [1.165, 1.54) is 6.42 Å². The lowest BCUT2D eigenvalue weighted by molar-refractivity contribution is 0.0955. The number of carbonyl (C=O) groups is 1. The maximum absolute atomic E-state index is 11.6. The van der Waals surface area contributed by atoms with Crippen LogP contribution in [0, 0.1) is 0 Å². The first-order valence-corrected chi connectivity index (χ1v) is 6.05. The average Bonchev–Trinajstić information content (AvgIpc) is 2.25. The fraction of sp³-hybridized carbons (Fsp3) is 0.462. The predicted octanol–water partition coefficient (Wildman–Crippen LogP) is 1.95. The van der Waals surface area contributed by atoms with Gasteiger partial charge in [-0.25, -0.2) is 0 Å². The van der Waals surface area contributed by atoms with E-state index in [-0.39, 0.29) is 5.91 Å². The smallest absolute Gasteiger partial charge is 0.251 e. The van der Waals surface area contributed by atoms with E-state index in [1.54, 1.807) is 18.2 Å². The second kappa shape index (κ2) is 5.08. The third kappa shape index (κ3) is 2.70. The molecule has 1 fully saturated rings. The molecule has 0 spiro atoms. The fourth-order valence-electron chi connectivity index (χ4n) is 1.73. The second-order valence-electron chi connectivity index (χ2n) is 4.28. The van der Waals surface area contributed by atoms with Crippen molar-refractivity contribution in [3.63, 3.8) is 0 Å². The molecule has 0 unspecified atom stereocenters. The summed E-state index contributed by atoms with van der Waals surface area (Å²) in [5, 5.41) is 2.74. The van der Waals surface area contributed by atoms with Gasteiger partial charge in [-0.15, -0.1) is 0 Å². The van der Waals surface area contributed by atoms with Crippen molar-refractivity contribution in [1.82, 2.24) is 5.32 Å². The third-order valence-corrected chi connectivity index (χ3v) is 2.96. The summed E-state index contributed by atoms with van der Waals surface area (Å²) in [6, 6.07) is 5.19. The Morgan fingerprint density at radius 1 is 1.53 bits per heavy atom. The average molecular weight is 234 g/mol. The second-order valence-corrected chi connectivity index (χ2v) is 4.28. The number of carbonyl (C=O) groups excluding carboxylic acids is 1. The van der Waals surface area contributed by atoms with Gasteiger partial charge in [-0.05, 0) is 44.4 Å². The SMILES string of the molecule is CCNC(=O)c1ccc(OC2CCC2)c(N)c1. The van der Waals surface area contributed by atoms with Crippen molar-refractivity contribution in [1.29, 1.82) is 0 Å². The Labute approximate surface area is 101 Å². The molecule has 1 aromatic carbocycles. The highest BCUT2D eigenvalue weighted by molar-refractivity contribution is 5.95. The lowest BCUT2D eigenvalue weighted by Crippen LogP contribution is -2.25. The molecule has 4 nitrogen and oxygen atoms in total. The van der Waals surface area contributed by atoms with E-state index in [0.29, 0.717) is 29.6 Å². The Hall–Kier alpha value is -1.71. The van der Waals surface area contributed by atoms with Gasteiger partial charge in [0.15, 0.2) is 0 Å². The van der Waals surface area contributed by atoms with Crippen LogP contribution in [0.1, 0.15) is 36.5 Å². The molecule has 0 aliphatic heterocycles. The summed E-state index contributed by atoms with van der Waals surface area (Å²) in [6.45, 7) is 2.49. The van der Waals surface area contributed by atoms with E-state index in [2.05, 4.69) is 5.32 Å². The molecule has 0 saturated heterocycles. The van der Waals surface area contributed by atoms with Crippen LogP contribution in [0.4, 0.5) is 5.69 Å². The van der Waals surface area contributed by atoms with Crippen LogP contribution in [0.15, 0.2) is 18.2 Å². The Bertz CT molecular complexity index is 414. The molecule has 0 radical (unpaired) electrons. The number of hydrogen-bond donors (Lipinski definition) is 2. The normalized spacial score (nSPS) is 15.1. The molecular formula is C13H18N2O2. The van der Waals surface area contributed by atoms with Crippen molar-refractivity contribution in [2.45, 2.75) is 32.3 Å². The van der Waals surface area contributed by atoms with Crippen molar-refractivity contribution < 1.29 is 9.53 Å². The monoisotopic (exact) mass is 234 g/mol. The fourth-order valence-corrected chi connectivity index (χ4v) is 1.73. The molecule has 92 valence electrons. The summed E-state index contributed by atoms with van der Waals surface area (Å²) >= 11 is 0. The van der Waals surface area contributed by atoms with Crippen molar-refractivity contribution in [3.05, 3.63) is 23.8 Å². The molecule has 4 heteroatoms. The van der Waals surface area contributed by atoms with Gasteiger partial charge in [0.2, 0.25) is 0 Å². The zero-order chi connectivity index (χ0) is 12.3. The zero-order valence-electron chi connectivity index (χ0n) is 10.0. The molecule has 0 aromatic heterocycles. The summed E-state index contributed by atoms with van der Waals surface area (Å²) in [5.74, 6) is 0.581. The molecule has 1 saturated carbocycles. The van der Waals surface area contributed by atoms with Crippen molar-refractivity contribution >= 4 is 11.6 Å². The summed E-state index contributed by atoms with van der Waals surface area (Å²) in [5.41, 5.74) is 6.98. The molecule has 1 aliphatic carbocycles. The van der Waals surface area contributed by atoms with E-state index in [0.717, 1.165) is 12.8 Å². The van der Waals surface area contributed by atoms with Gasteiger partial charge in [-0.1, -0.05) is 0 Å². The van der Waals surface area contributed by atoms with Gasteiger partial charge in [-0.2, -0.15) is 0 Å². The number of ether oxygens (including phenoxy) is 1. The van der Waals surface area contributed by atoms with Gasteiger partial charge >= 0.3 is 0 Å². The van der Waals surface area contributed by atoms with E-state index in [1.807, 2.05) is 6.92 Å². The first-order chi connectivity index (χ1) is 8.20. The highest BCUT2D eigenvalue weighted by Gasteiger charge is 2.20. The minimum atomic E-state index is -0.102. The lowest BCUT2D eigenvalue weighted by Gasteiger charge is -2.27. The van der Waals surface area contributed by atoms with Crippen LogP contribution < -0.4 is 15.8 Å². The van der Waals surface area contributed by atoms with E-state index >= 15 is 0 Å². The molecule has 2 rings (SSSR count). The molecule has 17 heavy (non-hydrogen) atoms. The van der Waals surface area contributed by atoms with Crippen LogP contribution in [-0.2, 0) is 0 Å². The van der Waals surface area contributed by atoms with Gasteiger partial charge in [0.25, 0.3) is 5.91 Å².